The minimum absolute atomic E-state index is 0.127. The Hall–Kier alpha value is -2.73. The Balaban J connectivity index is 1.99. The van der Waals surface area contributed by atoms with Crippen LogP contribution in [0.5, 0.6) is 0 Å². The van der Waals surface area contributed by atoms with Gasteiger partial charge in [-0.1, -0.05) is 47.2 Å². The molecule has 172 valence electrons. The number of rotatable bonds is 9. The number of carbonyl (C=O) groups excluding carboxylic acids is 1. The van der Waals surface area contributed by atoms with Gasteiger partial charge in [0.25, 0.3) is 0 Å². The highest BCUT2D eigenvalue weighted by Crippen LogP contribution is 2.31. The van der Waals surface area contributed by atoms with E-state index >= 15 is 0 Å². The van der Waals surface area contributed by atoms with Crippen molar-refractivity contribution in [3.63, 3.8) is 0 Å². The lowest BCUT2D eigenvalue weighted by molar-refractivity contribution is -0.133. The summed E-state index contributed by atoms with van der Waals surface area (Å²) in [5, 5.41) is 20.8. The summed E-state index contributed by atoms with van der Waals surface area (Å²) in [4.78, 5) is 12.3. The third kappa shape index (κ3) is 6.64. The van der Waals surface area contributed by atoms with Gasteiger partial charge in [0, 0.05) is 11.8 Å². The first kappa shape index (κ1) is 24.9. The van der Waals surface area contributed by atoms with Gasteiger partial charge in [-0.3, -0.25) is 5.41 Å². The van der Waals surface area contributed by atoms with Crippen molar-refractivity contribution < 1.29 is 17.9 Å². The van der Waals surface area contributed by atoms with Gasteiger partial charge in [-0.25, -0.2) is 13.2 Å². The fourth-order valence-corrected chi connectivity index (χ4v) is 4.45. The maximum absolute atomic E-state index is 12.1. The molecular weight excluding hydrogens is 504 g/mol. The van der Waals surface area contributed by atoms with Crippen LogP contribution in [0.3, 0.4) is 0 Å². The second-order valence-electron chi connectivity index (χ2n) is 6.63. The number of sulfone groups is 1. The number of hydrogen-bond donors (Lipinski definition) is 2. The molecule has 1 aromatic heterocycles. The molecule has 12 heteroatoms. The summed E-state index contributed by atoms with van der Waals surface area (Å²) in [6.45, 7) is 0. The van der Waals surface area contributed by atoms with E-state index in [1.807, 2.05) is 0 Å². The number of thioether (sulfide) groups is 1. The summed E-state index contributed by atoms with van der Waals surface area (Å²) in [5.74, 6) is -0.657. The van der Waals surface area contributed by atoms with Crippen molar-refractivity contribution >= 4 is 67.6 Å². The quantitative estimate of drug-likeness (QED) is 0.237. The zero-order valence-electron chi connectivity index (χ0n) is 17.5. The molecule has 1 heterocycles. The number of esters is 1. The number of hydrogen-bond acceptors (Lipinski definition) is 10. The standard InChI is InChI=1S/C21H19ClN4O4S3/c1-31-12-30-21(27)16(23)11-18(24-17-9-4-3-8-15(17)22)20-26-25-19(32-20)13-6-5-7-14(10-13)33(2,28)29/h3-11,23-24H,12H2,1-2H3/b18-11-,23-16?. The van der Waals surface area contributed by atoms with E-state index < -0.39 is 15.8 Å². The van der Waals surface area contributed by atoms with Crippen LogP contribution in [-0.2, 0) is 19.4 Å². The largest absolute Gasteiger partial charge is 0.450 e. The molecule has 0 bridgehead atoms. The van der Waals surface area contributed by atoms with E-state index in [0.717, 1.165) is 6.26 Å². The van der Waals surface area contributed by atoms with Crippen molar-refractivity contribution in [3.8, 4) is 10.6 Å². The lowest BCUT2D eigenvalue weighted by Gasteiger charge is -2.10. The number of aromatic nitrogens is 2. The van der Waals surface area contributed by atoms with Gasteiger partial charge in [0.2, 0.25) is 0 Å². The van der Waals surface area contributed by atoms with Crippen LogP contribution in [0.15, 0.2) is 59.5 Å². The van der Waals surface area contributed by atoms with E-state index in [4.69, 9.17) is 21.7 Å². The summed E-state index contributed by atoms with van der Waals surface area (Å²) in [5.41, 5.74) is 1.06. The van der Waals surface area contributed by atoms with Gasteiger partial charge in [0.15, 0.2) is 14.8 Å². The lowest BCUT2D eigenvalue weighted by atomic mass is 10.2. The predicted molar refractivity (Wildman–Crippen MR) is 134 cm³/mol. The summed E-state index contributed by atoms with van der Waals surface area (Å²) in [7, 11) is -3.38. The van der Waals surface area contributed by atoms with E-state index in [9.17, 15) is 13.2 Å². The van der Waals surface area contributed by atoms with Gasteiger partial charge in [-0.15, -0.1) is 22.0 Å². The number of anilines is 1. The van der Waals surface area contributed by atoms with Crippen molar-refractivity contribution in [2.45, 2.75) is 4.90 Å². The Kier molecular flexibility index (Phi) is 8.25. The van der Waals surface area contributed by atoms with Crippen molar-refractivity contribution in [1.82, 2.24) is 10.2 Å². The zero-order valence-corrected chi connectivity index (χ0v) is 20.7. The molecule has 0 fully saturated rings. The molecule has 33 heavy (non-hydrogen) atoms. The minimum atomic E-state index is -3.38. The predicted octanol–water partition coefficient (Wildman–Crippen LogP) is 4.60. The minimum Gasteiger partial charge on any atom is -0.450 e. The van der Waals surface area contributed by atoms with E-state index in [2.05, 4.69) is 15.5 Å². The van der Waals surface area contributed by atoms with E-state index in [1.165, 1.54) is 41.3 Å². The number of ether oxygens (including phenoxy) is 1. The molecule has 8 nitrogen and oxygen atoms in total. The van der Waals surface area contributed by atoms with Gasteiger partial charge in [0.05, 0.1) is 21.3 Å². The number of benzene rings is 2. The molecule has 0 amide bonds. The summed E-state index contributed by atoms with van der Waals surface area (Å²) >= 11 is 8.74. The first-order valence-corrected chi connectivity index (χ1v) is 13.8. The number of nitrogens with zero attached hydrogens (tertiary/aromatic N) is 2. The Bertz CT molecular complexity index is 1320. The first-order chi connectivity index (χ1) is 15.7. The topological polar surface area (TPSA) is 122 Å². The Labute approximate surface area is 204 Å². The van der Waals surface area contributed by atoms with E-state index in [-0.39, 0.29) is 16.5 Å². The normalized spacial score (nSPS) is 11.8. The average molecular weight is 523 g/mol. The maximum Gasteiger partial charge on any atom is 0.357 e. The van der Waals surface area contributed by atoms with Gasteiger partial charge in [0.1, 0.15) is 16.7 Å². The van der Waals surface area contributed by atoms with Crippen LogP contribution < -0.4 is 5.32 Å². The molecule has 0 saturated carbocycles. The monoisotopic (exact) mass is 522 g/mol. The Morgan fingerprint density at radius 3 is 2.70 bits per heavy atom. The molecule has 0 radical (unpaired) electrons. The number of halogens is 1. The molecule has 3 rings (SSSR count). The third-order valence-corrected chi connectivity index (χ3v) is 6.92. The first-order valence-electron chi connectivity index (χ1n) is 9.31. The molecule has 0 unspecified atom stereocenters. The average Bonchev–Trinajstić information content (AvgIpc) is 3.28. The highest BCUT2D eigenvalue weighted by atomic mass is 35.5. The smallest absolute Gasteiger partial charge is 0.357 e. The third-order valence-electron chi connectivity index (χ3n) is 4.12. The summed E-state index contributed by atoms with van der Waals surface area (Å²) < 4.78 is 28.8. The van der Waals surface area contributed by atoms with Gasteiger partial charge >= 0.3 is 5.97 Å². The molecule has 2 aromatic carbocycles. The summed E-state index contributed by atoms with van der Waals surface area (Å²) in [6, 6.07) is 13.4. The van der Waals surface area contributed by atoms with Crippen molar-refractivity contribution in [2.24, 2.45) is 0 Å². The molecule has 0 atom stereocenters. The summed E-state index contributed by atoms with van der Waals surface area (Å²) in [6.07, 6.45) is 4.20. The molecule has 0 spiro atoms. The van der Waals surface area contributed by atoms with Crippen LogP contribution in [0, 0.1) is 5.41 Å². The van der Waals surface area contributed by atoms with E-state index in [1.54, 1.807) is 42.7 Å². The highest BCUT2D eigenvalue weighted by molar-refractivity contribution is 7.98. The number of para-hydroxylation sites is 1. The van der Waals surface area contributed by atoms with Crippen molar-refractivity contribution in [2.75, 3.05) is 23.8 Å². The Morgan fingerprint density at radius 1 is 1.24 bits per heavy atom. The highest BCUT2D eigenvalue weighted by Gasteiger charge is 2.17. The van der Waals surface area contributed by atoms with Gasteiger partial charge < -0.3 is 10.1 Å². The van der Waals surface area contributed by atoms with Gasteiger partial charge in [-0.05, 0) is 36.6 Å². The molecule has 2 N–H and O–H groups in total. The van der Waals surface area contributed by atoms with Crippen LogP contribution in [0.4, 0.5) is 5.69 Å². The number of carbonyl (C=O) groups is 1. The fourth-order valence-electron chi connectivity index (χ4n) is 2.56. The lowest BCUT2D eigenvalue weighted by Crippen LogP contribution is -2.15. The molecule has 0 saturated heterocycles. The van der Waals surface area contributed by atoms with Crippen LogP contribution in [-0.4, -0.2) is 48.7 Å². The SMILES string of the molecule is CSCOC(=O)C(=N)/C=C(\Nc1ccccc1Cl)c1nnc(-c2cccc(S(C)(=O)=O)c2)s1. The maximum atomic E-state index is 12.1. The molecule has 0 aliphatic heterocycles. The van der Waals surface area contributed by atoms with Crippen LogP contribution in [0.25, 0.3) is 16.3 Å². The fraction of sp³-hybridized carbons (Fsp3) is 0.143. The molecule has 0 aliphatic rings. The zero-order chi connectivity index (χ0) is 24.0. The van der Waals surface area contributed by atoms with Crippen LogP contribution in [0.1, 0.15) is 5.01 Å². The van der Waals surface area contributed by atoms with E-state index in [0.29, 0.717) is 32.0 Å². The Morgan fingerprint density at radius 2 is 2.00 bits per heavy atom. The van der Waals surface area contributed by atoms with Gasteiger partial charge in [-0.2, -0.15) is 0 Å². The van der Waals surface area contributed by atoms with Crippen LogP contribution >= 0.6 is 34.7 Å². The molecule has 3 aromatic rings. The number of nitrogens with one attached hydrogen (secondary N) is 2. The molecular formula is C21H19ClN4O4S3. The van der Waals surface area contributed by atoms with Crippen molar-refractivity contribution in [3.05, 3.63) is 64.6 Å². The second-order valence-corrected chi connectivity index (χ2v) is 10.8. The van der Waals surface area contributed by atoms with Crippen LogP contribution in [0.2, 0.25) is 5.02 Å². The molecule has 0 aliphatic carbocycles. The second kappa shape index (κ2) is 10.9. The van der Waals surface area contributed by atoms with Crippen molar-refractivity contribution in [1.29, 1.82) is 5.41 Å².